The highest BCUT2D eigenvalue weighted by atomic mass is 35.5. The zero-order valence-corrected chi connectivity index (χ0v) is 15.6. The van der Waals surface area contributed by atoms with Gasteiger partial charge in [-0.1, -0.05) is 23.7 Å². The van der Waals surface area contributed by atoms with Gasteiger partial charge >= 0.3 is 0 Å². The van der Waals surface area contributed by atoms with Crippen molar-refractivity contribution in [1.82, 2.24) is 10.6 Å². The Kier molecular flexibility index (Phi) is 5.80. The van der Waals surface area contributed by atoms with Gasteiger partial charge in [-0.15, -0.1) is 0 Å². The smallest absolute Gasteiger partial charge is 0.261 e. The number of halogens is 1. The predicted molar refractivity (Wildman–Crippen MR) is 102 cm³/mol. The summed E-state index contributed by atoms with van der Waals surface area (Å²) < 4.78 is 27.6. The van der Waals surface area contributed by atoms with Crippen LogP contribution in [0.5, 0.6) is 0 Å². The molecule has 1 saturated heterocycles. The summed E-state index contributed by atoms with van der Waals surface area (Å²) in [6.07, 6.45) is 2.13. The molecule has 1 aliphatic heterocycles. The quantitative estimate of drug-likeness (QED) is 0.704. The molecule has 6 nitrogen and oxygen atoms in total. The monoisotopic (exact) mass is 393 g/mol. The number of anilines is 1. The molecule has 1 amide bonds. The zero-order chi connectivity index (χ0) is 18.6. The van der Waals surface area contributed by atoms with Crippen LogP contribution >= 0.6 is 11.6 Å². The van der Waals surface area contributed by atoms with Crippen LogP contribution in [0.1, 0.15) is 23.2 Å². The SMILES string of the molecule is O=C(NCC1CCCN1)c1cccc(S(=O)(=O)Nc2cccc(Cl)c2)c1. The van der Waals surface area contributed by atoms with Gasteiger partial charge in [0.1, 0.15) is 0 Å². The second kappa shape index (κ2) is 8.07. The first kappa shape index (κ1) is 18.7. The van der Waals surface area contributed by atoms with E-state index in [1.807, 2.05) is 0 Å². The van der Waals surface area contributed by atoms with E-state index in [-0.39, 0.29) is 16.8 Å². The van der Waals surface area contributed by atoms with E-state index in [4.69, 9.17) is 11.6 Å². The lowest BCUT2D eigenvalue weighted by Gasteiger charge is -2.12. The van der Waals surface area contributed by atoms with Crippen molar-refractivity contribution in [2.24, 2.45) is 0 Å². The van der Waals surface area contributed by atoms with Gasteiger partial charge in [0.15, 0.2) is 0 Å². The first-order valence-electron chi connectivity index (χ1n) is 8.34. The topological polar surface area (TPSA) is 87.3 Å². The van der Waals surface area contributed by atoms with Crippen LogP contribution in [0.3, 0.4) is 0 Å². The maximum Gasteiger partial charge on any atom is 0.261 e. The van der Waals surface area contributed by atoms with Crippen molar-refractivity contribution in [2.45, 2.75) is 23.8 Å². The van der Waals surface area contributed by atoms with Crippen LogP contribution in [0.4, 0.5) is 5.69 Å². The van der Waals surface area contributed by atoms with Crippen molar-refractivity contribution in [3.05, 3.63) is 59.1 Å². The lowest BCUT2D eigenvalue weighted by Crippen LogP contribution is -2.37. The Labute approximate surface area is 158 Å². The Bertz CT molecular complexity index is 896. The number of carbonyl (C=O) groups is 1. The molecular weight excluding hydrogens is 374 g/mol. The molecule has 2 aromatic rings. The molecule has 1 atom stereocenters. The van der Waals surface area contributed by atoms with Crippen molar-refractivity contribution in [3.8, 4) is 0 Å². The molecule has 26 heavy (non-hydrogen) atoms. The van der Waals surface area contributed by atoms with Gasteiger partial charge in [0.25, 0.3) is 15.9 Å². The van der Waals surface area contributed by atoms with Gasteiger partial charge in [0, 0.05) is 23.2 Å². The van der Waals surface area contributed by atoms with Crippen LogP contribution in [0.15, 0.2) is 53.4 Å². The van der Waals surface area contributed by atoms with E-state index in [1.54, 1.807) is 30.3 Å². The molecule has 0 saturated carbocycles. The number of rotatable bonds is 6. The maximum atomic E-state index is 12.6. The molecule has 3 rings (SSSR count). The van der Waals surface area contributed by atoms with Gasteiger partial charge in [-0.05, 0) is 55.8 Å². The molecule has 138 valence electrons. The van der Waals surface area contributed by atoms with Gasteiger partial charge in [0.2, 0.25) is 0 Å². The highest BCUT2D eigenvalue weighted by molar-refractivity contribution is 7.92. The Hall–Kier alpha value is -2.09. The molecule has 3 N–H and O–H groups in total. The molecule has 1 unspecified atom stereocenters. The van der Waals surface area contributed by atoms with Gasteiger partial charge in [-0.3, -0.25) is 9.52 Å². The van der Waals surface area contributed by atoms with Gasteiger partial charge in [-0.25, -0.2) is 8.42 Å². The number of sulfonamides is 1. The summed E-state index contributed by atoms with van der Waals surface area (Å²) in [4.78, 5) is 12.3. The summed E-state index contributed by atoms with van der Waals surface area (Å²) in [5.74, 6) is -0.293. The lowest BCUT2D eigenvalue weighted by atomic mass is 10.2. The fraction of sp³-hybridized carbons (Fsp3) is 0.278. The van der Waals surface area contributed by atoms with Gasteiger partial charge in [-0.2, -0.15) is 0 Å². The summed E-state index contributed by atoms with van der Waals surface area (Å²) in [7, 11) is -3.82. The average molecular weight is 394 g/mol. The van der Waals surface area contributed by atoms with Gasteiger partial charge < -0.3 is 10.6 Å². The number of hydrogen-bond donors (Lipinski definition) is 3. The molecule has 0 bridgehead atoms. The van der Waals surface area contributed by atoms with Crippen LogP contribution in [0, 0.1) is 0 Å². The number of carbonyl (C=O) groups excluding carboxylic acids is 1. The molecular formula is C18H20ClN3O3S. The zero-order valence-electron chi connectivity index (χ0n) is 14.0. The largest absolute Gasteiger partial charge is 0.350 e. The average Bonchev–Trinajstić information content (AvgIpc) is 3.13. The number of amides is 1. The fourth-order valence-corrected chi connectivity index (χ4v) is 4.10. The normalized spacial score (nSPS) is 17.0. The van der Waals surface area contributed by atoms with E-state index in [2.05, 4.69) is 15.4 Å². The summed E-state index contributed by atoms with van der Waals surface area (Å²) in [5.41, 5.74) is 0.664. The molecule has 0 radical (unpaired) electrons. The van der Waals surface area contributed by atoms with Crippen LogP contribution in [0.2, 0.25) is 5.02 Å². The van der Waals surface area contributed by atoms with Crippen molar-refractivity contribution in [1.29, 1.82) is 0 Å². The Morgan fingerprint density at radius 2 is 2.00 bits per heavy atom. The molecule has 1 aliphatic rings. The Morgan fingerprint density at radius 1 is 1.19 bits per heavy atom. The predicted octanol–water partition coefficient (Wildman–Crippen LogP) is 2.62. The molecule has 0 spiro atoms. The van der Waals surface area contributed by atoms with E-state index < -0.39 is 10.0 Å². The minimum absolute atomic E-state index is 0.0177. The Balaban J connectivity index is 1.71. The lowest BCUT2D eigenvalue weighted by molar-refractivity contribution is 0.0950. The maximum absolute atomic E-state index is 12.6. The highest BCUT2D eigenvalue weighted by Gasteiger charge is 2.18. The third-order valence-corrected chi connectivity index (χ3v) is 5.77. The third kappa shape index (κ3) is 4.75. The van der Waals surface area contributed by atoms with Crippen molar-refractivity contribution < 1.29 is 13.2 Å². The fourth-order valence-electron chi connectivity index (χ4n) is 2.82. The first-order chi connectivity index (χ1) is 12.4. The molecule has 1 heterocycles. The second-order valence-corrected chi connectivity index (χ2v) is 8.27. The highest BCUT2D eigenvalue weighted by Crippen LogP contribution is 2.20. The van der Waals surface area contributed by atoms with Crippen molar-refractivity contribution in [3.63, 3.8) is 0 Å². The van der Waals surface area contributed by atoms with E-state index in [0.29, 0.717) is 22.8 Å². The number of hydrogen-bond acceptors (Lipinski definition) is 4. The summed E-state index contributed by atoms with van der Waals surface area (Å²) in [5, 5.41) is 6.57. The van der Waals surface area contributed by atoms with Gasteiger partial charge in [0.05, 0.1) is 10.6 Å². The second-order valence-electron chi connectivity index (χ2n) is 6.15. The van der Waals surface area contributed by atoms with E-state index in [1.165, 1.54) is 18.2 Å². The van der Waals surface area contributed by atoms with Crippen LogP contribution < -0.4 is 15.4 Å². The van der Waals surface area contributed by atoms with Crippen molar-refractivity contribution in [2.75, 3.05) is 17.8 Å². The van der Waals surface area contributed by atoms with Crippen LogP contribution in [-0.4, -0.2) is 33.5 Å². The third-order valence-electron chi connectivity index (χ3n) is 4.15. The summed E-state index contributed by atoms with van der Waals surface area (Å²) in [6.45, 7) is 1.49. The standard InChI is InChI=1S/C18H20ClN3O3S/c19-14-5-2-6-15(11-14)22-26(24,25)17-8-1-4-13(10-17)18(23)21-12-16-7-3-9-20-16/h1-2,4-6,8,10-11,16,20,22H,3,7,9,12H2,(H,21,23). The van der Waals surface area contributed by atoms with Crippen LogP contribution in [-0.2, 0) is 10.0 Å². The minimum Gasteiger partial charge on any atom is -0.350 e. The number of nitrogens with one attached hydrogen (secondary N) is 3. The molecule has 2 aromatic carbocycles. The van der Waals surface area contributed by atoms with Crippen LogP contribution in [0.25, 0.3) is 0 Å². The molecule has 8 heteroatoms. The summed E-state index contributed by atoms with van der Waals surface area (Å²) >= 11 is 5.88. The molecule has 1 fully saturated rings. The van der Waals surface area contributed by atoms with E-state index in [0.717, 1.165) is 19.4 Å². The number of benzene rings is 2. The minimum atomic E-state index is -3.82. The van der Waals surface area contributed by atoms with Crippen molar-refractivity contribution >= 4 is 33.2 Å². The summed E-state index contributed by atoms with van der Waals surface area (Å²) in [6, 6.07) is 12.7. The molecule has 0 aromatic heterocycles. The first-order valence-corrected chi connectivity index (χ1v) is 10.2. The molecule has 0 aliphatic carbocycles. The van der Waals surface area contributed by atoms with E-state index in [9.17, 15) is 13.2 Å². The Morgan fingerprint density at radius 3 is 2.73 bits per heavy atom. The van der Waals surface area contributed by atoms with E-state index >= 15 is 0 Å².